The summed E-state index contributed by atoms with van der Waals surface area (Å²) in [7, 11) is 0. The summed E-state index contributed by atoms with van der Waals surface area (Å²) in [5.41, 5.74) is 6.40. The molecular weight excluding hydrogens is 423 g/mol. The fourth-order valence-electron chi connectivity index (χ4n) is 3.04. The molecule has 1 fully saturated rings. The highest BCUT2D eigenvalue weighted by Crippen LogP contribution is 2.42. The summed E-state index contributed by atoms with van der Waals surface area (Å²) < 4.78 is 47.0. The maximum Gasteiger partial charge on any atom is 0.393 e. The smallest absolute Gasteiger partial charge is 0.393 e. The van der Waals surface area contributed by atoms with E-state index in [9.17, 15) is 13.2 Å². The molecule has 1 aliphatic rings. The number of thiol groups is 1. The lowest BCUT2D eigenvalue weighted by Crippen LogP contribution is -2.21. The molecular formula is C18H22F3N5OS2. The lowest BCUT2D eigenvalue weighted by Gasteiger charge is -2.08. The van der Waals surface area contributed by atoms with Crippen molar-refractivity contribution in [3.63, 3.8) is 0 Å². The monoisotopic (exact) mass is 445 g/mol. The maximum absolute atomic E-state index is 13.0. The third-order valence-corrected chi connectivity index (χ3v) is 5.79. The Balaban J connectivity index is 0.000000343. The minimum absolute atomic E-state index is 0.107. The average Bonchev–Trinajstić information content (AvgIpc) is 3.29. The number of nitrogens with zero attached hydrogens (tertiary/aromatic N) is 2. The second-order valence-electron chi connectivity index (χ2n) is 6.58. The minimum Gasteiger partial charge on any atom is -0.398 e. The first-order valence-electron chi connectivity index (χ1n) is 9.16. The number of rotatable bonds is 4. The molecule has 6 nitrogen and oxygen atoms in total. The van der Waals surface area contributed by atoms with Crippen molar-refractivity contribution in [2.24, 2.45) is 0 Å². The molecule has 0 bridgehead atoms. The maximum atomic E-state index is 13.0. The summed E-state index contributed by atoms with van der Waals surface area (Å²) in [6, 6.07) is 4.88. The van der Waals surface area contributed by atoms with Gasteiger partial charge in [0.05, 0.1) is 22.5 Å². The van der Waals surface area contributed by atoms with Crippen LogP contribution in [0.25, 0.3) is 20.8 Å². The zero-order valence-electron chi connectivity index (χ0n) is 15.6. The van der Waals surface area contributed by atoms with Gasteiger partial charge >= 0.3 is 6.18 Å². The van der Waals surface area contributed by atoms with Gasteiger partial charge in [0.15, 0.2) is 0 Å². The number of aromatic nitrogens is 2. The van der Waals surface area contributed by atoms with Gasteiger partial charge in [-0.05, 0) is 42.9 Å². The normalized spacial score (nSPS) is 14.6. The molecule has 29 heavy (non-hydrogen) atoms. The highest BCUT2D eigenvalue weighted by atomic mass is 32.1. The van der Waals surface area contributed by atoms with Crippen LogP contribution in [0.2, 0.25) is 0 Å². The summed E-state index contributed by atoms with van der Waals surface area (Å²) in [4.78, 5) is 4.41. The van der Waals surface area contributed by atoms with Crippen LogP contribution in [0.15, 0.2) is 22.7 Å². The average molecular weight is 446 g/mol. The number of nitrogens with two attached hydrogens (primary N) is 1. The van der Waals surface area contributed by atoms with Gasteiger partial charge in [-0.2, -0.15) is 18.2 Å². The van der Waals surface area contributed by atoms with Crippen LogP contribution in [0.1, 0.15) is 30.7 Å². The van der Waals surface area contributed by atoms with Crippen molar-refractivity contribution in [2.75, 3.05) is 18.8 Å². The number of benzene rings is 1. The van der Waals surface area contributed by atoms with E-state index < -0.39 is 12.6 Å². The molecule has 1 aliphatic heterocycles. The predicted molar refractivity (Wildman–Crippen MR) is 112 cm³/mol. The standard InChI is InChI=1S/C13H11F3N4OS2.C5H11N/c14-13(15,16)4-7-6-2-1-3-8(17)10(6)23-11(7)12-19-9(5-18-22)21-20-12;1-2-4-6-5-3-1/h1-3,18,22H,4-5,17H2;6H,1-5H2. The van der Waals surface area contributed by atoms with Crippen molar-refractivity contribution in [3.05, 3.63) is 29.7 Å². The third-order valence-electron chi connectivity index (χ3n) is 4.33. The van der Waals surface area contributed by atoms with Gasteiger partial charge < -0.3 is 15.6 Å². The molecule has 158 valence electrons. The quantitative estimate of drug-likeness (QED) is 0.353. The van der Waals surface area contributed by atoms with Crippen molar-refractivity contribution < 1.29 is 17.7 Å². The number of nitrogens with one attached hydrogen (secondary N) is 2. The minimum atomic E-state index is -4.35. The van der Waals surface area contributed by atoms with E-state index in [2.05, 4.69) is 33.0 Å². The fraction of sp³-hybridized carbons (Fsp3) is 0.444. The fourth-order valence-corrected chi connectivity index (χ4v) is 4.34. The summed E-state index contributed by atoms with van der Waals surface area (Å²) in [5, 5.41) is 7.51. The SMILES string of the molecule is C1CCNCC1.Nc1cccc2c(CC(F)(F)F)c(-c3noc(CNS)n3)sc12. The van der Waals surface area contributed by atoms with Crippen LogP contribution in [-0.2, 0) is 13.0 Å². The zero-order valence-corrected chi connectivity index (χ0v) is 17.3. The van der Waals surface area contributed by atoms with E-state index in [-0.39, 0.29) is 23.8 Å². The Kier molecular flexibility index (Phi) is 7.38. The molecule has 11 heteroatoms. The van der Waals surface area contributed by atoms with Crippen LogP contribution < -0.4 is 15.8 Å². The van der Waals surface area contributed by atoms with Gasteiger partial charge in [0.1, 0.15) is 0 Å². The van der Waals surface area contributed by atoms with E-state index in [1.54, 1.807) is 18.2 Å². The number of thiophene rings is 1. The van der Waals surface area contributed by atoms with E-state index in [1.807, 2.05) is 0 Å². The molecule has 4 rings (SSSR count). The van der Waals surface area contributed by atoms with Gasteiger partial charge in [-0.3, -0.25) is 4.72 Å². The van der Waals surface area contributed by atoms with E-state index in [0.717, 1.165) is 11.3 Å². The van der Waals surface area contributed by atoms with E-state index >= 15 is 0 Å². The number of fused-ring (bicyclic) bond motifs is 1. The zero-order chi connectivity index (χ0) is 20.9. The van der Waals surface area contributed by atoms with Gasteiger partial charge in [-0.15, -0.1) is 11.3 Å². The van der Waals surface area contributed by atoms with E-state index in [0.29, 0.717) is 20.7 Å². The van der Waals surface area contributed by atoms with Gasteiger partial charge in [0, 0.05) is 5.69 Å². The summed E-state index contributed by atoms with van der Waals surface area (Å²) >= 11 is 4.94. The van der Waals surface area contributed by atoms with Gasteiger partial charge in [-0.1, -0.05) is 36.5 Å². The van der Waals surface area contributed by atoms with Crippen molar-refractivity contribution in [2.45, 2.75) is 38.4 Å². The summed E-state index contributed by atoms with van der Waals surface area (Å²) in [5.74, 6) is 0.349. The Morgan fingerprint density at radius 2 is 2.00 bits per heavy atom. The third kappa shape index (κ3) is 5.84. The first-order chi connectivity index (χ1) is 13.9. The van der Waals surface area contributed by atoms with Crippen molar-refractivity contribution in [1.82, 2.24) is 20.2 Å². The highest BCUT2D eigenvalue weighted by molar-refractivity contribution is 7.78. The lowest BCUT2D eigenvalue weighted by molar-refractivity contribution is -0.126. The number of anilines is 1. The second-order valence-corrected chi connectivity index (χ2v) is 7.92. The van der Waals surface area contributed by atoms with Gasteiger partial charge in [0.25, 0.3) is 0 Å². The van der Waals surface area contributed by atoms with Crippen LogP contribution in [0.5, 0.6) is 0 Å². The Morgan fingerprint density at radius 1 is 1.24 bits per heavy atom. The molecule has 0 saturated carbocycles. The van der Waals surface area contributed by atoms with Crippen LogP contribution in [-0.4, -0.2) is 29.4 Å². The van der Waals surface area contributed by atoms with E-state index in [1.165, 1.54) is 32.4 Å². The number of alkyl halides is 3. The van der Waals surface area contributed by atoms with Crippen LogP contribution >= 0.6 is 24.2 Å². The Bertz CT molecular complexity index is 926. The van der Waals surface area contributed by atoms with Crippen LogP contribution in [0.4, 0.5) is 18.9 Å². The molecule has 1 aromatic carbocycles. The van der Waals surface area contributed by atoms with Gasteiger partial charge in [0.2, 0.25) is 11.7 Å². The second kappa shape index (κ2) is 9.79. The summed E-state index contributed by atoms with van der Waals surface area (Å²) in [6.07, 6.45) is -1.22. The molecule has 0 amide bonds. The molecule has 0 atom stereocenters. The number of piperidine rings is 1. The van der Waals surface area contributed by atoms with E-state index in [4.69, 9.17) is 10.3 Å². The molecule has 0 spiro atoms. The molecule has 3 aromatic rings. The molecule has 2 aromatic heterocycles. The molecule has 1 saturated heterocycles. The Morgan fingerprint density at radius 3 is 2.59 bits per heavy atom. The number of hydrogen-bond acceptors (Lipinski definition) is 8. The largest absolute Gasteiger partial charge is 0.398 e. The Labute approximate surface area is 175 Å². The van der Waals surface area contributed by atoms with Crippen LogP contribution in [0, 0.1) is 0 Å². The van der Waals surface area contributed by atoms with Crippen molar-refractivity contribution >= 4 is 39.9 Å². The molecule has 4 N–H and O–H groups in total. The van der Waals surface area contributed by atoms with Gasteiger partial charge in [-0.25, -0.2) is 0 Å². The highest BCUT2D eigenvalue weighted by Gasteiger charge is 2.32. The molecule has 0 aliphatic carbocycles. The van der Waals surface area contributed by atoms with Crippen molar-refractivity contribution in [3.8, 4) is 10.7 Å². The first-order valence-corrected chi connectivity index (χ1v) is 10.4. The summed E-state index contributed by atoms with van der Waals surface area (Å²) in [6.45, 7) is 2.71. The van der Waals surface area contributed by atoms with Crippen LogP contribution in [0.3, 0.4) is 0 Å². The number of hydrogen-bond donors (Lipinski definition) is 4. The molecule has 0 unspecified atom stereocenters. The molecule has 0 radical (unpaired) electrons. The predicted octanol–water partition coefficient (Wildman–Crippen LogP) is 4.33. The topological polar surface area (TPSA) is 89.0 Å². The van der Waals surface area contributed by atoms with Crippen molar-refractivity contribution in [1.29, 1.82) is 0 Å². The number of halogens is 3. The first kappa shape index (κ1) is 21.9. The number of nitrogen functional groups attached to an aromatic ring is 1. The Hall–Kier alpha value is -1.82. The molecule has 3 heterocycles. The lowest BCUT2D eigenvalue weighted by atomic mass is 10.1.